The molecule has 1 atom stereocenters. The lowest BCUT2D eigenvalue weighted by atomic mass is 9.90. The number of amides is 1. The van der Waals surface area contributed by atoms with Crippen LogP contribution in [0.15, 0.2) is 12.7 Å². The number of aliphatic carboxylic acids is 2. The van der Waals surface area contributed by atoms with E-state index in [2.05, 4.69) is 6.58 Å². The first-order chi connectivity index (χ1) is 8.85. The van der Waals surface area contributed by atoms with Gasteiger partial charge in [-0.15, -0.1) is 0 Å². The summed E-state index contributed by atoms with van der Waals surface area (Å²) in [6.45, 7) is 6.42. The Morgan fingerprint density at radius 1 is 1.32 bits per heavy atom. The van der Waals surface area contributed by atoms with Gasteiger partial charge < -0.3 is 14.9 Å². The van der Waals surface area contributed by atoms with Crippen LogP contribution < -0.4 is 0 Å². The molecule has 0 aliphatic heterocycles. The van der Waals surface area contributed by atoms with Gasteiger partial charge in [-0.05, 0) is 13.3 Å². The van der Waals surface area contributed by atoms with Gasteiger partial charge in [0.1, 0.15) is 6.61 Å². The molecule has 0 fully saturated rings. The highest BCUT2D eigenvalue weighted by Gasteiger charge is 2.47. The molecule has 0 aliphatic rings. The third kappa shape index (κ3) is 3.97. The van der Waals surface area contributed by atoms with E-state index in [1.165, 1.54) is 13.0 Å². The number of nitrogens with zero attached hydrogens (tertiary/aromatic N) is 1. The van der Waals surface area contributed by atoms with Gasteiger partial charge in [-0.1, -0.05) is 19.6 Å². The molecule has 0 unspecified atom stereocenters. The Balaban J connectivity index is 5.39. The maximum absolute atomic E-state index is 11.8. The molecule has 0 spiro atoms. The largest absolute Gasteiger partial charge is 0.481 e. The Morgan fingerprint density at radius 2 is 1.89 bits per heavy atom. The molecule has 0 bridgehead atoms. The Morgan fingerprint density at radius 3 is 2.21 bits per heavy atom. The van der Waals surface area contributed by atoms with Crippen LogP contribution in [0.2, 0.25) is 0 Å². The third-order valence-corrected chi connectivity index (χ3v) is 2.80. The van der Waals surface area contributed by atoms with E-state index in [1.807, 2.05) is 0 Å². The molecular formula is C12H19NO6. The molecule has 0 aromatic carbocycles. The first kappa shape index (κ1) is 16.9. The Hall–Kier alpha value is -2.05. The minimum atomic E-state index is -1.81. The van der Waals surface area contributed by atoms with Gasteiger partial charge in [-0.25, -0.2) is 9.59 Å². The zero-order valence-corrected chi connectivity index (χ0v) is 11.1. The number of carbonyl (C=O) groups excluding carboxylic acids is 1. The van der Waals surface area contributed by atoms with E-state index in [-0.39, 0.29) is 19.6 Å². The van der Waals surface area contributed by atoms with Crippen molar-refractivity contribution < 1.29 is 29.3 Å². The Kier molecular flexibility index (Phi) is 6.60. The number of likely N-dealkylation sites (N-methyl/N-ethyl adjacent to an activating group) is 1. The van der Waals surface area contributed by atoms with Crippen molar-refractivity contribution in [3.8, 4) is 0 Å². The topological polar surface area (TPSA) is 104 Å². The summed E-state index contributed by atoms with van der Waals surface area (Å²) in [5.41, 5.74) is -1.81. The summed E-state index contributed by atoms with van der Waals surface area (Å²) in [5, 5.41) is 18.2. The lowest BCUT2D eigenvalue weighted by Gasteiger charge is -2.37. The van der Waals surface area contributed by atoms with E-state index in [0.29, 0.717) is 0 Å². The van der Waals surface area contributed by atoms with Crippen LogP contribution in [0.25, 0.3) is 0 Å². The molecule has 108 valence electrons. The maximum Gasteiger partial charge on any atom is 0.411 e. The molecule has 7 nitrogen and oxygen atoms in total. The quantitative estimate of drug-likeness (QED) is 0.647. The van der Waals surface area contributed by atoms with Crippen molar-refractivity contribution in [3.63, 3.8) is 0 Å². The average Bonchev–Trinajstić information content (AvgIpc) is 2.34. The molecule has 0 rings (SSSR count). The predicted octanol–water partition coefficient (Wildman–Crippen LogP) is 1.34. The Labute approximate surface area is 111 Å². The first-order valence-corrected chi connectivity index (χ1v) is 5.86. The number of carboxylic acids is 2. The van der Waals surface area contributed by atoms with Crippen LogP contribution >= 0.6 is 0 Å². The molecule has 0 heterocycles. The summed E-state index contributed by atoms with van der Waals surface area (Å²) in [6, 6.07) is 0. The van der Waals surface area contributed by atoms with Gasteiger partial charge in [-0.2, -0.15) is 0 Å². The fourth-order valence-electron chi connectivity index (χ4n) is 1.82. The second-order valence-electron chi connectivity index (χ2n) is 3.87. The van der Waals surface area contributed by atoms with Gasteiger partial charge >= 0.3 is 18.0 Å². The SMILES string of the molecule is C=CCOC(=O)N(CC)[C@@](CC)(CC(=O)O)C(=O)O. The standard InChI is InChI=1S/C12H19NO6/c1-4-7-19-11(18)13(6-3)12(5-2,10(16)17)8-9(14)15/h4H,1,5-8H2,2-3H3,(H,14,15)(H,16,17)/t12-/m0/s1. The van der Waals surface area contributed by atoms with Crippen molar-refractivity contribution in [2.75, 3.05) is 13.2 Å². The van der Waals surface area contributed by atoms with Crippen LogP contribution in [-0.2, 0) is 14.3 Å². The summed E-state index contributed by atoms with van der Waals surface area (Å²) in [4.78, 5) is 35.1. The van der Waals surface area contributed by atoms with E-state index in [4.69, 9.17) is 9.84 Å². The van der Waals surface area contributed by atoms with Crippen LogP contribution in [0, 0.1) is 0 Å². The first-order valence-electron chi connectivity index (χ1n) is 5.86. The monoisotopic (exact) mass is 273 g/mol. The maximum atomic E-state index is 11.8. The summed E-state index contributed by atoms with van der Waals surface area (Å²) < 4.78 is 4.80. The van der Waals surface area contributed by atoms with E-state index in [0.717, 1.165) is 4.90 Å². The highest BCUT2D eigenvalue weighted by molar-refractivity contribution is 5.89. The van der Waals surface area contributed by atoms with E-state index < -0.39 is 30.0 Å². The molecule has 0 saturated carbocycles. The number of carbonyl (C=O) groups is 3. The molecule has 2 N–H and O–H groups in total. The smallest absolute Gasteiger partial charge is 0.411 e. The van der Waals surface area contributed by atoms with Crippen molar-refractivity contribution in [2.45, 2.75) is 32.2 Å². The summed E-state index contributed by atoms with van der Waals surface area (Å²) >= 11 is 0. The number of ether oxygens (including phenoxy) is 1. The number of carboxylic acid groups (broad SMARTS) is 2. The van der Waals surface area contributed by atoms with Crippen LogP contribution in [0.1, 0.15) is 26.7 Å². The molecule has 0 aliphatic carbocycles. The van der Waals surface area contributed by atoms with Crippen molar-refractivity contribution in [1.29, 1.82) is 0 Å². The van der Waals surface area contributed by atoms with Crippen molar-refractivity contribution >= 4 is 18.0 Å². The summed E-state index contributed by atoms with van der Waals surface area (Å²) in [7, 11) is 0. The molecule has 0 saturated heterocycles. The zero-order valence-electron chi connectivity index (χ0n) is 11.1. The highest BCUT2D eigenvalue weighted by atomic mass is 16.6. The van der Waals surface area contributed by atoms with Gasteiger partial charge in [0.05, 0.1) is 6.42 Å². The molecule has 0 radical (unpaired) electrons. The molecule has 19 heavy (non-hydrogen) atoms. The van der Waals surface area contributed by atoms with Crippen LogP contribution in [0.4, 0.5) is 4.79 Å². The summed E-state index contributed by atoms with van der Waals surface area (Å²) in [5.74, 6) is -2.66. The number of hydrogen-bond donors (Lipinski definition) is 2. The van der Waals surface area contributed by atoms with Crippen molar-refractivity contribution in [2.24, 2.45) is 0 Å². The molecule has 7 heteroatoms. The zero-order chi connectivity index (χ0) is 15.1. The van der Waals surface area contributed by atoms with Crippen LogP contribution in [0.5, 0.6) is 0 Å². The van der Waals surface area contributed by atoms with Crippen LogP contribution in [-0.4, -0.2) is 51.8 Å². The number of rotatable bonds is 8. The van der Waals surface area contributed by atoms with Gasteiger partial charge in [0.2, 0.25) is 0 Å². The van der Waals surface area contributed by atoms with E-state index in [9.17, 15) is 19.5 Å². The number of hydrogen-bond acceptors (Lipinski definition) is 4. The van der Waals surface area contributed by atoms with E-state index in [1.54, 1.807) is 6.92 Å². The van der Waals surface area contributed by atoms with Gasteiger partial charge in [0.15, 0.2) is 5.54 Å². The lowest BCUT2D eigenvalue weighted by molar-refractivity contribution is -0.157. The second kappa shape index (κ2) is 7.40. The third-order valence-electron chi connectivity index (χ3n) is 2.80. The molecule has 0 aromatic rings. The highest BCUT2D eigenvalue weighted by Crippen LogP contribution is 2.25. The fraction of sp³-hybridized carbons (Fsp3) is 0.583. The van der Waals surface area contributed by atoms with Gasteiger partial charge in [0, 0.05) is 6.54 Å². The molecule has 1 amide bonds. The average molecular weight is 273 g/mol. The minimum Gasteiger partial charge on any atom is -0.481 e. The van der Waals surface area contributed by atoms with Gasteiger partial charge in [-0.3, -0.25) is 9.69 Å². The van der Waals surface area contributed by atoms with Gasteiger partial charge in [0.25, 0.3) is 0 Å². The summed E-state index contributed by atoms with van der Waals surface area (Å²) in [6.07, 6.45) is -0.244. The van der Waals surface area contributed by atoms with Crippen molar-refractivity contribution in [1.82, 2.24) is 4.90 Å². The van der Waals surface area contributed by atoms with Crippen LogP contribution in [0.3, 0.4) is 0 Å². The van der Waals surface area contributed by atoms with Crippen molar-refractivity contribution in [3.05, 3.63) is 12.7 Å². The second-order valence-corrected chi connectivity index (χ2v) is 3.87. The fourth-order valence-corrected chi connectivity index (χ4v) is 1.82. The van der Waals surface area contributed by atoms with E-state index >= 15 is 0 Å². The minimum absolute atomic E-state index is 0.0311. The molecule has 0 aromatic heterocycles. The Bertz CT molecular complexity index is 367. The normalized spacial score (nSPS) is 13.2. The predicted molar refractivity (Wildman–Crippen MR) is 66.8 cm³/mol. The molecular weight excluding hydrogens is 254 g/mol. The lowest BCUT2D eigenvalue weighted by Crippen LogP contribution is -2.58.